The van der Waals surface area contributed by atoms with E-state index < -0.39 is 11.0 Å². The van der Waals surface area contributed by atoms with Crippen LogP contribution in [0, 0.1) is 11.3 Å². The minimum absolute atomic E-state index is 0. The number of rotatable bonds is 6. The lowest BCUT2D eigenvalue weighted by molar-refractivity contribution is -0.154. The number of methoxy groups -OCH3 is 1. The molecule has 0 amide bonds. The van der Waals surface area contributed by atoms with Crippen LogP contribution in [0.2, 0.25) is 0 Å². The monoisotopic (exact) mass is 442 g/mol. The molecule has 6 nitrogen and oxygen atoms in total. The normalized spacial score (nSPS) is 18.8. The molecule has 2 aromatic carbocycles. The van der Waals surface area contributed by atoms with Gasteiger partial charge in [-0.05, 0) is 48.9 Å². The zero-order valence-corrected chi connectivity index (χ0v) is 18.4. The summed E-state index contributed by atoms with van der Waals surface area (Å²) in [6.45, 7) is 1.56. The summed E-state index contributed by atoms with van der Waals surface area (Å²) >= 11 is 0. The second kappa shape index (κ2) is 9.17. The van der Waals surface area contributed by atoms with Gasteiger partial charge in [-0.15, -0.1) is 12.4 Å². The average Bonchev–Trinajstić information content (AvgIpc) is 3.60. The first-order valence-electron chi connectivity index (χ1n) is 10.3. The molecule has 1 aliphatic heterocycles. The number of phenolic OH excluding ortho intramolecular Hbond substituents is 1. The first-order chi connectivity index (χ1) is 14.5. The number of carbonyl (C=O) groups excluding carboxylic acids is 1. The zero-order valence-electron chi connectivity index (χ0n) is 17.5. The quantitative estimate of drug-likeness (QED) is 0.682. The Morgan fingerprint density at radius 3 is 2.35 bits per heavy atom. The Bertz CT molecular complexity index is 961. The van der Waals surface area contributed by atoms with E-state index in [9.17, 15) is 15.2 Å². The molecule has 1 saturated carbocycles. The fourth-order valence-electron chi connectivity index (χ4n) is 4.39. The molecule has 2 aromatic rings. The number of hydrogen-bond donors (Lipinski definition) is 1. The molecule has 4 rings (SSSR count). The summed E-state index contributed by atoms with van der Waals surface area (Å²) in [5.41, 5.74) is 0.547. The van der Waals surface area contributed by atoms with E-state index in [0.29, 0.717) is 31.7 Å². The van der Waals surface area contributed by atoms with Crippen LogP contribution in [-0.2, 0) is 21.6 Å². The minimum Gasteiger partial charge on any atom is -0.504 e. The van der Waals surface area contributed by atoms with Crippen LogP contribution >= 0.6 is 12.4 Å². The first kappa shape index (κ1) is 22.9. The number of halogens is 1. The summed E-state index contributed by atoms with van der Waals surface area (Å²) in [6, 6.07) is 17.3. The number of hydrogen-bond acceptors (Lipinski definition) is 6. The number of piperidine rings is 1. The summed E-state index contributed by atoms with van der Waals surface area (Å²) in [5, 5.41) is 20.1. The van der Waals surface area contributed by atoms with Gasteiger partial charge in [0.1, 0.15) is 12.1 Å². The molecule has 1 N–H and O–H groups in total. The van der Waals surface area contributed by atoms with Crippen molar-refractivity contribution in [2.24, 2.45) is 0 Å². The molecule has 0 unspecified atom stereocenters. The van der Waals surface area contributed by atoms with Gasteiger partial charge < -0.3 is 14.6 Å². The van der Waals surface area contributed by atoms with Gasteiger partial charge in [-0.2, -0.15) is 5.26 Å². The second-order valence-electron chi connectivity index (χ2n) is 8.16. The van der Waals surface area contributed by atoms with Crippen molar-refractivity contribution in [3.63, 3.8) is 0 Å². The molecular weight excluding hydrogens is 416 g/mol. The summed E-state index contributed by atoms with van der Waals surface area (Å²) in [5.74, 6) is 0.260. The van der Waals surface area contributed by atoms with E-state index in [1.807, 2.05) is 36.4 Å². The van der Waals surface area contributed by atoms with E-state index in [1.165, 1.54) is 7.11 Å². The number of nitrogens with zero attached hydrogens (tertiary/aromatic N) is 2. The Hall–Kier alpha value is -2.75. The van der Waals surface area contributed by atoms with Gasteiger partial charge in [0.25, 0.3) is 0 Å². The smallest absolute Gasteiger partial charge is 0.326 e. The van der Waals surface area contributed by atoms with E-state index >= 15 is 0 Å². The standard InChI is InChI=1S/C24H26N2O4.ClH/c1-29-21-8-7-19(15-20(21)27)23(17-25)11-13-26(14-12-23)24(9-10-24)22(28)30-16-18-5-3-2-4-6-18;/h2-8,15,27H,9-14,16H2,1H3;1H. The van der Waals surface area contributed by atoms with Gasteiger partial charge in [0.15, 0.2) is 11.5 Å². The lowest BCUT2D eigenvalue weighted by Gasteiger charge is -2.40. The van der Waals surface area contributed by atoms with Crippen LogP contribution < -0.4 is 4.74 Å². The van der Waals surface area contributed by atoms with Crippen molar-refractivity contribution in [1.29, 1.82) is 5.26 Å². The lowest BCUT2D eigenvalue weighted by Crippen LogP contribution is -2.51. The predicted molar refractivity (Wildman–Crippen MR) is 118 cm³/mol. The first-order valence-corrected chi connectivity index (χ1v) is 10.3. The number of nitriles is 1. The molecule has 1 heterocycles. The SMILES string of the molecule is COc1ccc(C2(C#N)CCN(C3(C(=O)OCc4ccccc4)CC3)CC2)cc1O.Cl. The molecule has 0 atom stereocenters. The second-order valence-corrected chi connectivity index (χ2v) is 8.16. The van der Waals surface area contributed by atoms with E-state index in [2.05, 4.69) is 11.0 Å². The highest BCUT2D eigenvalue weighted by molar-refractivity contribution is 5.85. The minimum atomic E-state index is -0.676. The van der Waals surface area contributed by atoms with E-state index in [0.717, 1.165) is 24.0 Å². The van der Waals surface area contributed by atoms with Crippen LogP contribution in [0.25, 0.3) is 0 Å². The van der Waals surface area contributed by atoms with Gasteiger partial charge in [0.05, 0.1) is 18.6 Å². The number of carbonyl (C=O) groups is 1. The van der Waals surface area contributed by atoms with Crippen LogP contribution in [0.4, 0.5) is 0 Å². The number of esters is 1. The maximum absolute atomic E-state index is 12.8. The fourth-order valence-corrected chi connectivity index (χ4v) is 4.39. The topological polar surface area (TPSA) is 82.8 Å². The van der Waals surface area contributed by atoms with Gasteiger partial charge in [-0.3, -0.25) is 9.69 Å². The van der Waals surface area contributed by atoms with Crippen molar-refractivity contribution in [2.75, 3.05) is 20.2 Å². The average molecular weight is 443 g/mol. The molecule has 0 bridgehead atoms. The van der Waals surface area contributed by atoms with Crippen molar-refractivity contribution in [2.45, 2.75) is 43.2 Å². The Morgan fingerprint density at radius 2 is 1.81 bits per heavy atom. The summed E-state index contributed by atoms with van der Waals surface area (Å²) in [4.78, 5) is 15.0. The van der Waals surface area contributed by atoms with E-state index in [1.54, 1.807) is 12.1 Å². The van der Waals surface area contributed by atoms with Crippen molar-refractivity contribution in [3.8, 4) is 17.6 Å². The van der Waals surface area contributed by atoms with Crippen LogP contribution in [-0.4, -0.2) is 41.7 Å². The Labute approximate surface area is 188 Å². The maximum Gasteiger partial charge on any atom is 0.326 e. The highest BCUT2D eigenvalue weighted by atomic mass is 35.5. The molecular formula is C24H27ClN2O4. The maximum atomic E-state index is 12.8. The van der Waals surface area contributed by atoms with Crippen molar-refractivity contribution >= 4 is 18.4 Å². The molecule has 31 heavy (non-hydrogen) atoms. The Kier molecular flexibility index (Phi) is 6.78. The number of likely N-dealkylation sites (tertiary alicyclic amines) is 1. The molecule has 1 saturated heterocycles. The molecule has 2 fully saturated rings. The fraction of sp³-hybridized carbons (Fsp3) is 0.417. The summed E-state index contributed by atoms with van der Waals surface area (Å²) in [7, 11) is 1.50. The summed E-state index contributed by atoms with van der Waals surface area (Å²) < 4.78 is 10.7. The van der Waals surface area contributed by atoms with Crippen LogP contribution in [0.1, 0.15) is 36.8 Å². The molecule has 164 valence electrons. The number of benzene rings is 2. The molecule has 1 aliphatic carbocycles. The van der Waals surface area contributed by atoms with Crippen molar-refractivity contribution in [1.82, 2.24) is 4.90 Å². The molecule has 0 aromatic heterocycles. The van der Waals surface area contributed by atoms with Crippen LogP contribution in [0.5, 0.6) is 11.5 Å². The van der Waals surface area contributed by atoms with Crippen molar-refractivity contribution in [3.05, 3.63) is 59.7 Å². The summed E-state index contributed by atoms with van der Waals surface area (Å²) in [6.07, 6.45) is 2.79. The van der Waals surface area contributed by atoms with Gasteiger partial charge in [0.2, 0.25) is 0 Å². The van der Waals surface area contributed by atoms with Crippen LogP contribution in [0.15, 0.2) is 48.5 Å². The van der Waals surface area contributed by atoms with Crippen LogP contribution in [0.3, 0.4) is 0 Å². The van der Waals surface area contributed by atoms with E-state index in [4.69, 9.17) is 9.47 Å². The van der Waals surface area contributed by atoms with E-state index in [-0.39, 0.29) is 30.7 Å². The molecule has 2 aliphatic rings. The third-order valence-electron chi connectivity index (χ3n) is 6.48. The molecule has 7 heteroatoms. The number of ether oxygens (including phenoxy) is 2. The zero-order chi connectivity index (χ0) is 21.2. The van der Waals surface area contributed by atoms with Gasteiger partial charge in [-0.1, -0.05) is 36.4 Å². The predicted octanol–water partition coefficient (Wildman–Crippen LogP) is 3.96. The lowest BCUT2D eigenvalue weighted by atomic mass is 9.73. The van der Waals surface area contributed by atoms with Crippen molar-refractivity contribution < 1.29 is 19.4 Å². The Balaban J connectivity index is 0.00000272. The highest BCUT2D eigenvalue weighted by Gasteiger charge is 2.57. The largest absolute Gasteiger partial charge is 0.504 e. The Morgan fingerprint density at radius 1 is 1.13 bits per heavy atom. The number of phenols is 1. The third-order valence-corrected chi connectivity index (χ3v) is 6.48. The number of aromatic hydroxyl groups is 1. The third kappa shape index (κ3) is 4.34. The van der Waals surface area contributed by atoms with Gasteiger partial charge in [-0.25, -0.2) is 0 Å². The molecule has 0 spiro atoms. The van der Waals surface area contributed by atoms with Gasteiger partial charge >= 0.3 is 5.97 Å². The van der Waals surface area contributed by atoms with Gasteiger partial charge in [0, 0.05) is 13.1 Å². The highest BCUT2D eigenvalue weighted by Crippen LogP contribution is 2.47. The molecule has 0 radical (unpaired) electrons.